The normalized spacial score (nSPS) is 16.6. The lowest BCUT2D eigenvalue weighted by Gasteiger charge is -2.48. The Balaban J connectivity index is 2.67. The third kappa shape index (κ3) is 8.51. The van der Waals surface area contributed by atoms with Gasteiger partial charge in [0.2, 0.25) is 0 Å². The van der Waals surface area contributed by atoms with E-state index in [2.05, 4.69) is 98.1 Å². The first kappa shape index (κ1) is 30.7. The summed E-state index contributed by atoms with van der Waals surface area (Å²) >= 11 is 14.8. The number of hydrogen-bond acceptors (Lipinski definition) is 3. The van der Waals surface area contributed by atoms with Crippen LogP contribution >= 0.6 is 35.0 Å². The average Bonchev–Trinajstić information content (AvgIpc) is 2.74. The SMILES string of the molecule is CCC(CSC(C)(C)C)N[C@](C)(c1ccc(Cl)cc1)[C@H](O[Si](C)(C)C(C)(C)C)c1cccc(Cl)c1. The van der Waals surface area contributed by atoms with Crippen LogP contribution in [0.5, 0.6) is 0 Å². The third-order valence-corrected chi connectivity index (χ3v) is 13.4. The van der Waals surface area contributed by atoms with Crippen molar-refractivity contribution in [1.29, 1.82) is 0 Å². The molecule has 0 amide bonds. The van der Waals surface area contributed by atoms with Crippen LogP contribution in [-0.2, 0) is 9.96 Å². The van der Waals surface area contributed by atoms with Gasteiger partial charge >= 0.3 is 0 Å². The van der Waals surface area contributed by atoms with E-state index in [9.17, 15) is 0 Å². The van der Waals surface area contributed by atoms with Crippen molar-refractivity contribution >= 4 is 43.3 Å². The third-order valence-electron chi connectivity index (χ3n) is 7.05. The van der Waals surface area contributed by atoms with Gasteiger partial charge in [-0.3, -0.25) is 0 Å². The number of benzene rings is 2. The molecule has 2 nitrogen and oxygen atoms in total. The van der Waals surface area contributed by atoms with E-state index in [4.69, 9.17) is 27.6 Å². The lowest BCUT2D eigenvalue weighted by molar-refractivity contribution is 0.0694. The van der Waals surface area contributed by atoms with Crippen molar-refractivity contribution in [3.8, 4) is 0 Å². The van der Waals surface area contributed by atoms with Gasteiger partial charge in [0.05, 0.1) is 11.6 Å². The van der Waals surface area contributed by atoms with Gasteiger partial charge in [-0.05, 0) is 66.9 Å². The zero-order chi connectivity index (χ0) is 26.7. The van der Waals surface area contributed by atoms with Gasteiger partial charge in [-0.2, -0.15) is 11.8 Å². The predicted molar refractivity (Wildman–Crippen MR) is 161 cm³/mol. The predicted octanol–water partition coefficient (Wildman–Crippen LogP) is 9.87. The van der Waals surface area contributed by atoms with Crippen LogP contribution in [0.3, 0.4) is 0 Å². The van der Waals surface area contributed by atoms with Gasteiger partial charge in [0.1, 0.15) is 0 Å². The summed E-state index contributed by atoms with van der Waals surface area (Å²) in [4.78, 5) is 0. The molecule has 0 aliphatic heterocycles. The zero-order valence-corrected chi connectivity index (χ0v) is 26.6. The second-order valence-electron chi connectivity index (χ2n) is 12.2. The molecule has 0 radical (unpaired) electrons. The molecule has 196 valence electrons. The Morgan fingerprint density at radius 2 is 1.51 bits per heavy atom. The van der Waals surface area contributed by atoms with Crippen LogP contribution in [0.2, 0.25) is 28.2 Å². The molecule has 0 fully saturated rings. The maximum absolute atomic E-state index is 7.26. The number of rotatable bonds is 10. The molecule has 0 bridgehead atoms. The number of thioether (sulfide) groups is 1. The molecular formula is C29H45Cl2NOSSi. The number of hydrogen-bond donors (Lipinski definition) is 1. The second-order valence-corrected chi connectivity index (χ2v) is 19.7. The van der Waals surface area contributed by atoms with E-state index in [-0.39, 0.29) is 15.9 Å². The molecule has 2 aromatic carbocycles. The summed E-state index contributed by atoms with van der Waals surface area (Å²) in [6.45, 7) is 22.9. The molecule has 6 heteroatoms. The highest BCUT2D eigenvalue weighted by molar-refractivity contribution is 8.00. The first-order valence-corrected chi connectivity index (χ1v) is 17.2. The summed E-state index contributed by atoms with van der Waals surface area (Å²) in [6.07, 6.45) is 0.797. The lowest BCUT2D eigenvalue weighted by atomic mass is 9.82. The lowest BCUT2D eigenvalue weighted by Crippen LogP contribution is -2.54. The Hall–Kier alpha value is -0.493. The van der Waals surface area contributed by atoms with E-state index in [0.717, 1.165) is 33.3 Å². The van der Waals surface area contributed by atoms with Gasteiger partial charge < -0.3 is 9.74 Å². The molecule has 0 heterocycles. The van der Waals surface area contributed by atoms with Crippen LogP contribution in [-0.4, -0.2) is 24.9 Å². The van der Waals surface area contributed by atoms with Gasteiger partial charge in [0.25, 0.3) is 0 Å². The van der Waals surface area contributed by atoms with E-state index in [0.29, 0.717) is 6.04 Å². The average molecular weight is 555 g/mol. The van der Waals surface area contributed by atoms with Crippen molar-refractivity contribution in [3.05, 3.63) is 69.7 Å². The minimum atomic E-state index is -2.15. The molecule has 2 aromatic rings. The minimum absolute atomic E-state index is 0.0664. The highest BCUT2D eigenvalue weighted by Crippen LogP contribution is 2.46. The molecule has 0 spiro atoms. The number of halogens is 2. The van der Waals surface area contributed by atoms with Gasteiger partial charge in [-0.15, -0.1) is 0 Å². The summed E-state index contributed by atoms with van der Waals surface area (Å²) in [7, 11) is -2.15. The molecule has 0 saturated heterocycles. The summed E-state index contributed by atoms with van der Waals surface area (Å²) in [5.74, 6) is 1.02. The Labute approximate surface area is 230 Å². The quantitative estimate of drug-likeness (QED) is 0.295. The topological polar surface area (TPSA) is 21.3 Å². The van der Waals surface area contributed by atoms with E-state index in [1.165, 1.54) is 0 Å². The molecule has 1 unspecified atom stereocenters. The van der Waals surface area contributed by atoms with Crippen molar-refractivity contribution < 1.29 is 4.43 Å². The number of nitrogens with one attached hydrogen (secondary N) is 1. The van der Waals surface area contributed by atoms with Crippen LogP contribution in [0.15, 0.2) is 48.5 Å². The van der Waals surface area contributed by atoms with Crippen molar-refractivity contribution in [2.45, 2.75) is 102 Å². The smallest absolute Gasteiger partial charge is 0.193 e. The fourth-order valence-electron chi connectivity index (χ4n) is 3.80. The van der Waals surface area contributed by atoms with Crippen molar-refractivity contribution in [3.63, 3.8) is 0 Å². The standard InChI is InChI=1S/C29H45Cl2NOSSi/c1-11-25(20-34-27(2,3)4)32-29(8,22-15-17-23(30)18-16-22)26(21-13-12-14-24(31)19-21)33-35(9,10)28(5,6)7/h12-19,25-26,32H,11,20H2,1-10H3/t25?,26-,29-/m1/s1. The van der Waals surface area contributed by atoms with Gasteiger partial charge in [0.15, 0.2) is 8.32 Å². The Bertz CT molecular complexity index is 952. The van der Waals surface area contributed by atoms with Gasteiger partial charge in [0, 0.05) is 26.6 Å². The monoisotopic (exact) mass is 553 g/mol. The first-order chi connectivity index (χ1) is 16.0. The maximum Gasteiger partial charge on any atom is 0.193 e. The molecular weight excluding hydrogens is 509 g/mol. The summed E-state index contributed by atoms with van der Waals surface area (Å²) in [5.41, 5.74) is 1.75. The Kier molecular flexibility index (Phi) is 10.5. The van der Waals surface area contributed by atoms with Crippen LogP contribution in [0.1, 0.15) is 79.0 Å². The fourth-order valence-corrected chi connectivity index (χ4v) is 6.46. The Morgan fingerprint density at radius 1 is 0.914 bits per heavy atom. The summed E-state index contributed by atoms with van der Waals surface area (Å²) < 4.78 is 7.47. The molecule has 0 aliphatic rings. The summed E-state index contributed by atoms with van der Waals surface area (Å²) in [5, 5.41) is 5.59. The maximum atomic E-state index is 7.26. The van der Waals surface area contributed by atoms with E-state index < -0.39 is 13.9 Å². The van der Waals surface area contributed by atoms with Crippen molar-refractivity contribution in [2.24, 2.45) is 0 Å². The van der Waals surface area contributed by atoms with Crippen molar-refractivity contribution in [1.82, 2.24) is 5.32 Å². The molecule has 35 heavy (non-hydrogen) atoms. The minimum Gasteiger partial charge on any atom is -0.408 e. The molecule has 0 aromatic heterocycles. The molecule has 0 saturated carbocycles. The molecule has 0 aliphatic carbocycles. The van der Waals surface area contributed by atoms with Gasteiger partial charge in [-0.25, -0.2) is 0 Å². The second kappa shape index (κ2) is 11.9. The van der Waals surface area contributed by atoms with Crippen molar-refractivity contribution in [2.75, 3.05) is 5.75 Å². The summed E-state index contributed by atoms with van der Waals surface area (Å²) in [6, 6.07) is 16.7. The fraction of sp³-hybridized carbons (Fsp3) is 0.586. The van der Waals surface area contributed by atoms with E-state index in [1.807, 2.05) is 36.0 Å². The highest BCUT2D eigenvalue weighted by atomic mass is 35.5. The largest absolute Gasteiger partial charge is 0.408 e. The molecule has 2 rings (SSSR count). The van der Waals surface area contributed by atoms with Crippen LogP contribution < -0.4 is 5.32 Å². The molecule has 3 atom stereocenters. The Morgan fingerprint density at radius 3 is 2.00 bits per heavy atom. The molecule has 1 N–H and O–H groups in total. The van der Waals surface area contributed by atoms with E-state index >= 15 is 0 Å². The van der Waals surface area contributed by atoms with Gasteiger partial charge in [-0.1, -0.05) is 95.9 Å². The van der Waals surface area contributed by atoms with Crippen LogP contribution in [0, 0.1) is 0 Å². The highest BCUT2D eigenvalue weighted by Gasteiger charge is 2.46. The first-order valence-electron chi connectivity index (χ1n) is 12.6. The van der Waals surface area contributed by atoms with E-state index in [1.54, 1.807) is 0 Å². The van der Waals surface area contributed by atoms with Crippen LogP contribution in [0.25, 0.3) is 0 Å². The zero-order valence-electron chi connectivity index (χ0n) is 23.3. The van der Waals surface area contributed by atoms with Crippen LogP contribution in [0.4, 0.5) is 0 Å².